The van der Waals surface area contributed by atoms with E-state index in [1.54, 1.807) is 11.3 Å². The van der Waals surface area contributed by atoms with Gasteiger partial charge in [-0.2, -0.15) is 0 Å². The molecule has 2 aromatic rings. The Hall–Kier alpha value is -1.61. The van der Waals surface area contributed by atoms with Gasteiger partial charge in [-0.3, -0.25) is 0 Å². The van der Waals surface area contributed by atoms with Crippen LogP contribution in [0.2, 0.25) is 0 Å². The molecule has 3 heteroatoms. The van der Waals surface area contributed by atoms with Gasteiger partial charge in [-0.15, -0.1) is 11.3 Å². The minimum Gasteiger partial charge on any atom is -0.411 e. The first kappa shape index (κ1) is 9.93. The Morgan fingerprint density at radius 2 is 1.93 bits per heavy atom. The van der Waals surface area contributed by atoms with Gasteiger partial charge in [0.25, 0.3) is 0 Å². The predicted octanol–water partition coefficient (Wildman–Crippen LogP) is 3.17. The molecule has 15 heavy (non-hydrogen) atoms. The normalized spacial score (nSPS) is 11.6. The second-order valence-electron chi connectivity index (χ2n) is 3.17. The molecule has 0 saturated carbocycles. The van der Waals surface area contributed by atoms with Crippen LogP contribution in [0, 0.1) is 0 Å². The first-order chi connectivity index (χ1) is 7.40. The molecule has 0 bridgehead atoms. The van der Waals surface area contributed by atoms with Crippen molar-refractivity contribution in [3.8, 4) is 0 Å². The number of nitrogens with zero attached hydrogens (tertiary/aromatic N) is 1. The Bertz CT molecular complexity index is 434. The van der Waals surface area contributed by atoms with E-state index >= 15 is 0 Å². The average Bonchev–Trinajstić information content (AvgIpc) is 2.80. The van der Waals surface area contributed by atoms with Crippen molar-refractivity contribution in [1.29, 1.82) is 0 Å². The van der Waals surface area contributed by atoms with Crippen LogP contribution in [-0.4, -0.2) is 10.9 Å². The third-order valence-corrected chi connectivity index (χ3v) is 3.03. The molecule has 76 valence electrons. The minimum atomic E-state index is 0.679. The molecule has 0 atom stereocenters. The van der Waals surface area contributed by atoms with Crippen LogP contribution in [0.15, 0.2) is 53.0 Å². The van der Waals surface area contributed by atoms with E-state index in [9.17, 15) is 0 Å². The molecule has 0 unspecified atom stereocenters. The van der Waals surface area contributed by atoms with Crippen molar-refractivity contribution in [1.82, 2.24) is 0 Å². The van der Waals surface area contributed by atoms with Gasteiger partial charge in [-0.25, -0.2) is 0 Å². The van der Waals surface area contributed by atoms with Crippen LogP contribution >= 0.6 is 11.3 Å². The highest BCUT2D eigenvalue weighted by atomic mass is 32.1. The van der Waals surface area contributed by atoms with Crippen molar-refractivity contribution >= 4 is 17.0 Å². The zero-order valence-corrected chi connectivity index (χ0v) is 8.95. The Morgan fingerprint density at radius 3 is 2.53 bits per heavy atom. The van der Waals surface area contributed by atoms with E-state index in [-0.39, 0.29) is 0 Å². The fourth-order valence-corrected chi connectivity index (χ4v) is 2.11. The third kappa shape index (κ3) is 2.44. The minimum absolute atomic E-state index is 0.679. The quantitative estimate of drug-likeness (QED) is 0.478. The highest BCUT2D eigenvalue weighted by molar-refractivity contribution is 7.10. The van der Waals surface area contributed by atoms with Crippen LogP contribution < -0.4 is 0 Å². The molecule has 0 saturated heterocycles. The summed E-state index contributed by atoms with van der Waals surface area (Å²) in [5.74, 6) is 0. The van der Waals surface area contributed by atoms with Crippen molar-refractivity contribution in [3.63, 3.8) is 0 Å². The van der Waals surface area contributed by atoms with E-state index in [1.807, 2.05) is 47.8 Å². The van der Waals surface area contributed by atoms with Gasteiger partial charge in [0.2, 0.25) is 0 Å². The van der Waals surface area contributed by atoms with Gasteiger partial charge < -0.3 is 5.21 Å². The summed E-state index contributed by atoms with van der Waals surface area (Å²) in [6, 6.07) is 13.8. The maximum atomic E-state index is 8.97. The fourth-order valence-electron chi connectivity index (χ4n) is 1.40. The van der Waals surface area contributed by atoms with Gasteiger partial charge in [0.1, 0.15) is 0 Å². The number of hydrogen-bond donors (Lipinski definition) is 1. The molecule has 2 rings (SSSR count). The molecule has 2 nitrogen and oxygen atoms in total. The molecule has 0 amide bonds. The highest BCUT2D eigenvalue weighted by Crippen LogP contribution is 2.13. The molecule has 0 aliphatic rings. The van der Waals surface area contributed by atoms with Crippen molar-refractivity contribution in [2.24, 2.45) is 5.16 Å². The van der Waals surface area contributed by atoms with Crippen molar-refractivity contribution in [3.05, 3.63) is 58.3 Å². The SMILES string of the molecule is O/N=C(\Cc1cccs1)c1ccccc1. The number of hydrogen-bond acceptors (Lipinski definition) is 3. The second-order valence-corrected chi connectivity index (χ2v) is 4.20. The van der Waals surface area contributed by atoms with E-state index in [0.717, 1.165) is 5.56 Å². The number of thiophene rings is 1. The van der Waals surface area contributed by atoms with E-state index in [2.05, 4.69) is 5.16 Å². The third-order valence-electron chi connectivity index (χ3n) is 2.15. The lowest BCUT2D eigenvalue weighted by atomic mass is 10.1. The molecule has 1 aromatic heterocycles. The first-order valence-electron chi connectivity index (χ1n) is 4.69. The van der Waals surface area contributed by atoms with Crippen LogP contribution in [0.1, 0.15) is 10.4 Å². The summed E-state index contributed by atoms with van der Waals surface area (Å²) < 4.78 is 0. The average molecular weight is 217 g/mol. The molecular formula is C12H11NOS. The number of oxime groups is 1. The lowest BCUT2D eigenvalue weighted by Crippen LogP contribution is -2.03. The Morgan fingerprint density at radius 1 is 1.13 bits per heavy atom. The molecular weight excluding hydrogens is 206 g/mol. The zero-order valence-electron chi connectivity index (χ0n) is 8.13. The van der Waals surface area contributed by atoms with E-state index in [0.29, 0.717) is 12.1 Å². The highest BCUT2D eigenvalue weighted by Gasteiger charge is 2.05. The molecule has 0 aliphatic heterocycles. The summed E-state index contributed by atoms with van der Waals surface area (Å²) in [7, 11) is 0. The summed E-state index contributed by atoms with van der Waals surface area (Å²) in [6.07, 6.45) is 0.679. The lowest BCUT2D eigenvalue weighted by Gasteiger charge is -2.02. The molecule has 0 spiro atoms. The summed E-state index contributed by atoms with van der Waals surface area (Å²) in [6.45, 7) is 0. The lowest BCUT2D eigenvalue weighted by molar-refractivity contribution is 0.318. The Labute approximate surface area is 92.5 Å². The number of benzene rings is 1. The van der Waals surface area contributed by atoms with Gasteiger partial charge in [0, 0.05) is 11.3 Å². The predicted molar refractivity (Wildman–Crippen MR) is 62.8 cm³/mol. The van der Waals surface area contributed by atoms with Gasteiger partial charge in [0.15, 0.2) is 0 Å². The summed E-state index contributed by atoms with van der Waals surface area (Å²) >= 11 is 1.67. The molecule has 1 heterocycles. The summed E-state index contributed by atoms with van der Waals surface area (Å²) in [5.41, 5.74) is 1.67. The van der Waals surface area contributed by atoms with Crippen molar-refractivity contribution < 1.29 is 5.21 Å². The van der Waals surface area contributed by atoms with Crippen molar-refractivity contribution in [2.75, 3.05) is 0 Å². The number of rotatable bonds is 3. The Kier molecular flexibility index (Phi) is 3.15. The van der Waals surface area contributed by atoms with Crippen LogP contribution in [0.25, 0.3) is 0 Å². The van der Waals surface area contributed by atoms with Crippen molar-refractivity contribution in [2.45, 2.75) is 6.42 Å². The molecule has 1 N–H and O–H groups in total. The fraction of sp³-hybridized carbons (Fsp3) is 0.0833. The topological polar surface area (TPSA) is 32.6 Å². The first-order valence-corrected chi connectivity index (χ1v) is 5.57. The molecule has 0 radical (unpaired) electrons. The van der Waals surface area contributed by atoms with E-state index < -0.39 is 0 Å². The van der Waals surface area contributed by atoms with E-state index in [1.165, 1.54) is 4.88 Å². The van der Waals surface area contributed by atoms with Gasteiger partial charge in [-0.05, 0) is 17.0 Å². The summed E-state index contributed by atoms with van der Waals surface area (Å²) in [5, 5.41) is 14.4. The van der Waals surface area contributed by atoms with Crippen LogP contribution in [0.5, 0.6) is 0 Å². The molecule has 0 fully saturated rings. The van der Waals surface area contributed by atoms with Gasteiger partial charge in [-0.1, -0.05) is 41.6 Å². The van der Waals surface area contributed by atoms with Gasteiger partial charge >= 0.3 is 0 Å². The summed E-state index contributed by atoms with van der Waals surface area (Å²) in [4.78, 5) is 1.20. The smallest absolute Gasteiger partial charge is 0.0919 e. The maximum Gasteiger partial charge on any atom is 0.0919 e. The monoisotopic (exact) mass is 217 g/mol. The largest absolute Gasteiger partial charge is 0.411 e. The molecule has 0 aliphatic carbocycles. The van der Waals surface area contributed by atoms with E-state index in [4.69, 9.17) is 5.21 Å². The van der Waals surface area contributed by atoms with Gasteiger partial charge in [0.05, 0.1) is 5.71 Å². The standard InChI is InChI=1S/C12H11NOS/c14-13-12(9-11-7-4-8-15-11)10-5-2-1-3-6-10/h1-8,14H,9H2/b13-12+. The maximum absolute atomic E-state index is 8.97. The van der Waals surface area contributed by atoms with Crippen LogP contribution in [-0.2, 0) is 6.42 Å². The van der Waals surface area contributed by atoms with Crippen LogP contribution in [0.3, 0.4) is 0 Å². The molecule has 1 aromatic carbocycles. The zero-order chi connectivity index (χ0) is 10.5. The Balaban J connectivity index is 2.20. The second kappa shape index (κ2) is 4.75. The van der Waals surface area contributed by atoms with Crippen LogP contribution in [0.4, 0.5) is 0 Å².